The zero-order valence-corrected chi connectivity index (χ0v) is 11.7. The van der Waals surface area contributed by atoms with Crippen LogP contribution in [-0.4, -0.2) is 48.7 Å². The van der Waals surface area contributed by atoms with E-state index in [4.69, 9.17) is 4.74 Å². The fourth-order valence-corrected chi connectivity index (χ4v) is 3.00. The van der Waals surface area contributed by atoms with E-state index in [0.29, 0.717) is 6.04 Å². The summed E-state index contributed by atoms with van der Waals surface area (Å²) in [7, 11) is 0. The first kappa shape index (κ1) is 13.8. The highest BCUT2D eigenvalue weighted by Crippen LogP contribution is 2.23. The zero-order valence-electron chi connectivity index (χ0n) is 11.7. The first-order valence-electron chi connectivity index (χ1n) is 7.39. The number of hydrogen-bond donors (Lipinski definition) is 1. The second-order valence-electron chi connectivity index (χ2n) is 5.53. The smallest absolute Gasteiger partial charge is 0.251 e. The third kappa shape index (κ3) is 3.23. The van der Waals surface area contributed by atoms with Crippen molar-refractivity contribution in [2.24, 2.45) is 0 Å². The highest BCUT2D eigenvalue weighted by Gasteiger charge is 2.34. The van der Waals surface area contributed by atoms with Gasteiger partial charge in [-0.15, -0.1) is 0 Å². The van der Waals surface area contributed by atoms with Crippen LogP contribution in [0.25, 0.3) is 0 Å². The number of ether oxygens (including phenoxy) is 1. The van der Waals surface area contributed by atoms with Crippen LogP contribution in [0.2, 0.25) is 0 Å². The van der Waals surface area contributed by atoms with Gasteiger partial charge in [-0.2, -0.15) is 0 Å². The van der Waals surface area contributed by atoms with Crippen molar-refractivity contribution in [1.82, 2.24) is 10.2 Å². The maximum absolute atomic E-state index is 12.6. The minimum absolute atomic E-state index is 0.179. The van der Waals surface area contributed by atoms with Crippen molar-refractivity contribution in [3.8, 4) is 0 Å². The molecule has 4 heteroatoms. The van der Waals surface area contributed by atoms with Gasteiger partial charge in [-0.1, -0.05) is 6.92 Å². The Kier molecular flexibility index (Phi) is 5.01. The van der Waals surface area contributed by atoms with Gasteiger partial charge in [-0.25, -0.2) is 0 Å². The molecule has 2 saturated heterocycles. The molecular formula is C14H26N2O2. The average molecular weight is 254 g/mol. The Bertz CT molecular complexity index is 277. The SMILES string of the molecule is CCCN(C(=O)C1CCC(C)O1)C1CCNCC1. The Hall–Kier alpha value is -0.610. The summed E-state index contributed by atoms with van der Waals surface area (Å²) < 4.78 is 5.73. The lowest BCUT2D eigenvalue weighted by Gasteiger charge is -2.36. The monoisotopic (exact) mass is 254 g/mol. The van der Waals surface area contributed by atoms with E-state index in [-0.39, 0.29) is 18.1 Å². The van der Waals surface area contributed by atoms with E-state index in [9.17, 15) is 4.79 Å². The average Bonchev–Trinajstić information content (AvgIpc) is 2.83. The van der Waals surface area contributed by atoms with Crippen molar-refractivity contribution >= 4 is 5.91 Å². The highest BCUT2D eigenvalue weighted by molar-refractivity contribution is 5.81. The Morgan fingerprint density at radius 2 is 2.00 bits per heavy atom. The Labute approximate surface area is 110 Å². The first-order chi connectivity index (χ1) is 8.72. The summed E-state index contributed by atoms with van der Waals surface area (Å²) in [5, 5.41) is 3.36. The fraction of sp³-hybridized carbons (Fsp3) is 0.929. The molecule has 0 saturated carbocycles. The normalized spacial score (nSPS) is 29.4. The lowest BCUT2D eigenvalue weighted by Crippen LogP contribution is -2.49. The van der Waals surface area contributed by atoms with E-state index in [1.54, 1.807) is 0 Å². The maximum atomic E-state index is 12.6. The van der Waals surface area contributed by atoms with Crippen LogP contribution in [0.5, 0.6) is 0 Å². The van der Waals surface area contributed by atoms with Crippen LogP contribution in [0, 0.1) is 0 Å². The molecule has 0 aromatic heterocycles. The molecule has 2 aliphatic rings. The van der Waals surface area contributed by atoms with Gasteiger partial charge in [0.2, 0.25) is 0 Å². The van der Waals surface area contributed by atoms with E-state index < -0.39 is 0 Å². The van der Waals surface area contributed by atoms with Gasteiger partial charge in [-0.05, 0) is 52.1 Å². The molecule has 2 aliphatic heterocycles. The number of piperidine rings is 1. The number of rotatable bonds is 4. The molecule has 0 spiro atoms. The van der Waals surface area contributed by atoms with E-state index >= 15 is 0 Å². The summed E-state index contributed by atoms with van der Waals surface area (Å²) in [5.74, 6) is 0.230. The first-order valence-corrected chi connectivity index (χ1v) is 7.39. The lowest BCUT2D eigenvalue weighted by atomic mass is 10.0. The van der Waals surface area contributed by atoms with Crippen molar-refractivity contribution in [2.45, 2.75) is 64.2 Å². The molecule has 0 aliphatic carbocycles. The molecule has 4 nitrogen and oxygen atoms in total. The maximum Gasteiger partial charge on any atom is 0.251 e. The Morgan fingerprint density at radius 3 is 2.56 bits per heavy atom. The molecule has 2 rings (SSSR count). The molecular weight excluding hydrogens is 228 g/mol. The van der Waals surface area contributed by atoms with Crippen molar-refractivity contribution in [3.63, 3.8) is 0 Å². The zero-order chi connectivity index (χ0) is 13.0. The van der Waals surface area contributed by atoms with Crippen LogP contribution in [0.4, 0.5) is 0 Å². The molecule has 0 bridgehead atoms. The topological polar surface area (TPSA) is 41.6 Å². The van der Waals surface area contributed by atoms with Gasteiger partial charge < -0.3 is 15.0 Å². The van der Waals surface area contributed by atoms with Crippen molar-refractivity contribution in [1.29, 1.82) is 0 Å². The van der Waals surface area contributed by atoms with Crippen LogP contribution in [0.3, 0.4) is 0 Å². The molecule has 18 heavy (non-hydrogen) atoms. The molecule has 1 N–H and O–H groups in total. The van der Waals surface area contributed by atoms with Crippen LogP contribution in [-0.2, 0) is 9.53 Å². The van der Waals surface area contributed by atoms with Gasteiger partial charge in [0, 0.05) is 12.6 Å². The van der Waals surface area contributed by atoms with E-state index in [0.717, 1.165) is 51.7 Å². The Balaban J connectivity index is 1.97. The molecule has 0 aromatic rings. The molecule has 2 unspecified atom stereocenters. The number of nitrogens with one attached hydrogen (secondary N) is 1. The lowest BCUT2D eigenvalue weighted by molar-refractivity contribution is -0.145. The van der Waals surface area contributed by atoms with Gasteiger partial charge in [0.1, 0.15) is 6.10 Å². The van der Waals surface area contributed by atoms with Crippen molar-refractivity contribution < 1.29 is 9.53 Å². The number of nitrogens with zero attached hydrogens (tertiary/aromatic N) is 1. The predicted octanol–water partition coefficient (Wildman–Crippen LogP) is 1.54. The third-order valence-corrected chi connectivity index (χ3v) is 4.00. The molecule has 1 amide bonds. The molecule has 104 valence electrons. The summed E-state index contributed by atoms with van der Waals surface area (Å²) in [4.78, 5) is 14.6. The predicted molar refractivity (Wildman–Crippen MR) is 71.5 cm³/mol. The van der Waals surface area contributed by atoms with Gasteiger partial charge >= 0.3 is 0 Å². The van der Waals surface area contributed by atoms with Crippen LogP contribution < -0.4 is 5.32 Å². The van der Waals surface area contributed by atoms with Gasteiger partial charge in [0.05, 0.1) is 6.10 Å². The highest BCUT2D eigenvalue weighted by atomic mass is 16.5. The van der Waals surface area contributed by atoms with Crippen LogP contribution in [0.1, 0.15) is 46.0 Å². The summed E-state index contributed by atoms with van der Waals surface area (Å²) in [6, 6.07) is 0.415. The second kappa shape index (κ2) is 6.53. The summed E-state index contributed by atoms with van der Waals surface area (Å²) >= 11 is 0. The molecule has 2 fully saturated rings. The van der Waals surface area contributed by atoms with Gasteiger partial charge in [-0.3, -0.25) is 4.79 Å². The number of amides is 1. The second-order valence-corrected chi connectivity index (χ2v) is 5.53. The summed E-state index contributed by atoms with van der Waals surface area (Å²) in [6.07, 6.45) is 5.16. The van der Waals surface area contributed by atoms with E-state index in [1.165, 1.54) is 0 Å². The van der Waals surface area contributed by atoms with Crippen molar-refractivity contribution in [2.75, 3.05) is 19.6 Å². The molecule has 0 aromatic carbocycles. The number of hydrogen-bond acceptors (Lipinski definition) is 3. The third-order valence-electron chi connectivity index (χ3n) is 4.00. The largest absolute Gasteiger partial charge is 0.365 e. The number of carbonyl (C=O) groups excluding carboxylic acids is 1. The number of carbonyl (C=O) groups is 1. The van der Waals surface area contributed by atoms with Crippen molar-refractivity contribution in [3.05, 3.63) is 0 Å². The van der Waals surface area contributed by atoms with Gasteiger partial charge in [0.25, 0.3) is 5.91 Å². The standard InChI is InChI=1S/C14H26N2O2/c1-3-10-16(12-6-8-15-9-7-12)14(17)13-5-4-11(2)18-13/h11-13,15H,3-10H2,1-2H3. The van der Waals surface area contributed by atoms with Gasteiger partial charge in [0.15, 0.2) is 0 Å². The fourth-order valence-electron chi connectivity index (χ4n) is 3.00. The summed E-state index contributed by atoms with van der Waals surface area (Å²) in [6.45, 7) is 7.12. The molecule has 0 radical (unpaired) electrons. The molecule has 2 heterocycles. The van der Waals surface area contributed by atoms with Crippen LogP contribution >= 0.6 is 0 Å². The van der Waals surface area contributed by atoms with E-state index in [2.05, 4.69) is 24.1 Å². The molecule has 2 atom stereocenters. The van der Waals surface area contributed by atoms with E-state index in [1.807, 2.05) is 0 Å². The summed E-state index contributed by atoms with van der Waals surface area (Å²) in [5.41, 5.74) is 0. The van der Waals surface area contributed by atoms with Crippen LogP contribution in [0.15, 0.2) is 0 Å². The minimum Gasteiger partial charge on any atom is -0.365 e. The minimum atomic E-state index is -0.179. The quantitative estimate of drug-likeness (QED) is 0.827. The Morgan fingerprint density at radius 1 is 1.28 bits per heavy atom.